The van der Waals surface area contributed by atoms with Crippen LogP contribution in [-0.4, -0.2) is 15.0 Å². The summed E-state index contributed by atoms with van der Waals surface area (Å²) >= 11 is 0. The Balaban J connectivity index is 1.08. The molecule has 1 unspecified atom stereocenters. The highest BCUT2D eigenvalue weighted by atomic mass is 16.3. The molecule has 9 aromatic carbocycles. The molecule has 5 heteroatoms. The molecule has 0 spiro atoms. The van der Waals surface area contributed by atoms with Crippen LogP contribution in [0.1, 0.15) is 29.0 Å². The van der Waals surface area contributed by atoms with Crippen LogP contribution in [0.3, 0.4) is 0 Å². The maximum atomic E-state index is 6.63. The van der Waals surface area contributed by atoms with Gasteiger partial charge in [0.1, 0.15) is 22.3 Å². The van der Waals surface area contributed by atoms with Crippen molar-refractivity contribution in [2.75, 3.05) is 0 Å². The fourth-order valence-corrected chi connectivity index (χ4v) is 9.87. The Morgan fingerprint density at radius 3 is 1.77 bits per heavy atom. The van der Waals surface area contributed by atoms with Crippen LogP contribution in [0.15, 0.2) is 191 Å². The van der Waals surface area contributed by atoms with Crippen LogP contribution in [0.25, 0.3) is 111 Å². The zero-order valence-electron chi connectivity index (χ0n) is 33.0. The molecule has 12 aromatic rings. The maximum Gasteiger partial charge on any atom is 0.164 e. The predicted molar refractivity (Wildman–Crippen MR) is 248 cm³/mol. The number of rotatable bonds is 4. The monoisotopic (exact) mass is 781 g/mol. The molecule has 3 aromatic heterocycles. The first-order chi connectivity index (χ1) is 30.2. The highest BCUT2D eigenvalue weighted by Crippen LogP contribution is 2.47. The highest BCUT2D eigenvalue weighted by Gasteiger charge is 2.29. The summed E-state index contributed by atoms with van der Waals surface area (Å²) in [5.41, 5.74) is 12.5. The van der Waals surface area contributed by atoms with Crippen molar-refractivity contribution in [1.82, 2.24) is 15.0 Å². The van der Waals surface area contributed by atoms with Gasteiger partial charge in [-0.3, -0.25) is 0 Å². The topological polar surface area (TPSA) is 65.0 Å². The second-order valence-corrected chi connectivity index (χ2v) is 16.2. The van der Waals surface area contributed by atoms with Crippen LogP contribution in [0.5, 0.6) is 0 Å². The molecule has 61 heavy (non-hydrogen) atoms. The smallest absolute Gasteiger partial charge is 0.164 e. The molecule has 1 aliphatic carbocycles. The van der Waals surface area contributed by atoms with Gasteiger partial charge in [-0.1, -0.05) is 133 Å². The Bertz CT molecular complexity index is 3740. The summed E-state index contributed by atoms with van der Waals surface area (Å²) in [6.45, 7) is 0. The predicted octanol–water partition coefficient (Wildman–Crippen LogP) is 14.7. The fourth-order valence-electron chi connectivity index (χ4n) is 9.87. The van der Waals surface area contributed by atoms with E-state index in [-0.39, 0.29) is 5.92 Å². The van der Waals surface area contributed by atoms with Crippen molar-refractivity contribution in [3.8, 4) is 45.3 Å². The first-order valence-corrected chi connectivity index (χ1v) is 20.9. The Labute approximate surface area is 350 Å². The number of hydrogen-bond donors (Lipinski definition) is 0. The second-order valence-electron chi connectivity index (χ2n) is 16.2. The quantitative estimate of drug-likeness (QED) is 0.178. The summed E-state index contributed by atoms with van der Waals surface area (Å²) < 4.78 is 12.9. The lowest BCUT2D eigenvalue weighted by molar-refractivity contribution is 0.668. The number of aryl methyl sites for hydroxylation is 1. The number of nitrogens with zero attached hydrogens (tertiary/aromatic N) is 3. The Kier molecular flexibility index (Phi) is 7.43. The molecular weight excluding hydrogens is 747 g/mol. The van der Waals surface area contributed by atoms with Gasteiger partial charge in [0, 0.05) is 44.2 Å². The lowest BCUT2D eigenvalue weighted by Crippen LogP contribution is -2.07. The number of para-hydroxylation sites is 2. The lowest BCUT2D eigenvalue weighted by Gasteiger charge is -2.22. The average Bonchev–Trinajstić information content (AvgIpc) is 3.83. The summed E-state index contributed by atoms with van der Waals surface area (Å²) in [5, 5.41) is 8.98. The van der Waals surface area contributed by atoms with E-state index in [1.165, 1.54) is 38.6 Å². The molecule has 0 saturated carbocycles. The van der Waals surface area contributed by atoms with Gasteiger partial charge in [-0.05, 0) is 111 Å². The zero-order chi connectivity index (χ0) is 40.0. The molecule has 0 saturated heterocycles. The Morgan fingerprint density at radius 1 is 0.361 bits per heavy atom. The molecule has 3 heterocycles. The van der Waals surface area contributed by atoms with Gasteiger partial charge in [0.15, 0.2) is 17.5 Å². The van der Waals surface area contributed by atoms with Crippen LogP contribution in [0, 0.1) is 0 Å². The minimum absolute atomic E-state index is 0.0367. The molecule has 0 fully saturated rings. The average molecular weight is 782 g/mol. The molecule has 1 atom stereocenters. The molecular formula is C56H35N3O2. The molecule has 0 aliphatic heterocycles. The molecule has 5 nitrogen and oxygen atoms in total. The third kappa shape index (κ3) is 5.44. The van der Waals surface area contributed by atoms with Gasteiger partial charge < -0.3 is 8.83 Å². The van der Waals surface area contributed by atoms with E-state index < -0.39 is 0 Å². The van der Waals surface area contributed by atoms with E-state index in [2.05, 4.69) is 146 Å². The van der Waals surface area contributed by atoms with Crippen molar-refractivity contribution in [3.05, 3.63) is 199 Å². The van der Waals surface area contributed by atoms with Crippen molar-refractivity contribution in [2.45, 2.75) is 18.8 Å². The largest absolute Gasteiger partial charge is 0.456 e. The molecule has 13 rings (SSSR count). The molecule has 0 N–H and O–H groups in total. The summed E-state index contributed by atoms with van der Waals surface area (Å²) in [4.78, 5) is 16.2. The summed E-state index contributed by atoms with van der Waals surface area (Å²) in [6, 6.07) is 64.5. The zero-order valence-corrected chi connectivity index (χ0v) is 33.0. The summed E-state index contributed by atoms with van der Waals surface area (Å²) in [7, 11) is 0. The standard InChI is InChI=1S/C56H35N3O2/c1-2-14-35-29-45-36(28-34(35)13-1)24-26-41(39-17-5-6-18-40(39)45)46-31-48-43-20-8-10-23-51(43)61-53(48)32-49(46)56-58-54(37-25-27-52-47(30-37)42-19-7-9-22-50(42)60-52)57-55(59-56)44-21-11-15-33-12-3-4-16-38(33)44/h1-23,25,27-32,41H,24,26H2. The van der Waals surface area contributed by atoms with E-state index in [9.17, 15) is 0 Å². The molecule has 0 amide bonds. The van der Waals surface area contributed by atoms with Crippen LogP contribution in [0.4, 0.5) is 0 Å². The Morgan fingerprint density at radius 2 is 0.951 bits per heavy atom. The number of furan rings is 2. The van der Waals surface area contributed by atoms with Gasteiger partial charge >= 0.3 is 0 Å². The van der Waals surface area contributed by atoms with Gasteiger partial charge in [0.2, 0.25) is 0 Å². The molecule has 0 bridgehead atoms. The molecule has 1 aliphatic rings. The van der Waals surface area contributed by atoms with E-state index >= 15 is 0 Å². The SMILES string of the molecule is c1ccc2c(c1)-c1cc3ccccc3cc1CCC2c1cc2c(cc1-c1nc(-c3ccc4oc5ccccc5c4c3)nc(-c3cccc4ccccc34)n1)oc1ccccc12. The maximum absolute atomic E-state index is 6.63. The third-order valence-corrected chi connectivity index (χ3v) is 12.8. The summed E-state index contributed by atoms with van der Waals surface area (Å²) in [6.07, 6.45) is 1.83. The number of benzene rings is 9. The minimum Gasteiger partial charge on any atom is -0.456 e. The lowest BCUT2D eigenvalue weighted by atomic mass is 9.82. The fraction of sp³-hybridized carbons (Fsp3) is 0.0536. The van der Waals surface area contributed by atoms with Gasteiger partial charge in [0.25, 0.3) is 0 Å². The van der Waals surface area contributed by atoms with Gasteiger partial charge in [-0.25, -0.2) is 15.0 Å². The molecule has 286 valence electrons. The minimum atomic E-state index is 0.0367. The second kappa shape index (κ2) is 13.3. The first-order valence-electron chi connectivity index (χ1n) is 20.9. The number of aromatic nitrogens is 3. The van der Waals surface area contributed by atoms with Crippen LogP contribution < -0.4 is 0 Å². The van der Waals surface area contributed by atoms with Crippen molar-refractivity contribution < 1.29 is 8.83 Å². The molecule has 0 radical (unpaired) electrons. The van der Waals surface area contributed by atoms with Crippen LogP contribution >= 0.6 is 0 Å². The van der Waals surface area contributed by atoms with Gasteiger partial charge in [0.05, 0.1) is 0 Å². The van der Waals surface area contributed by atoms with Crippen LogP contribution in [0.2, 0.25) is 0 Å². The highest BCUT2D eigenvalue weighted by molar-refractivity contribution is 6.08. The Hall–Kier alpha value is -7.89. The van der Waals surface area contributed by atoms with Crippen LogP contribution in [-0.2, 0) is 6.42 Å². The summed E-state index contributed by atoms with van der Waals surface area (Å²) in [5.74, 6) is 1.85. The number of fused-ring (bicyclic) bond motifs is 11. The van der Waals surface area contributed by atoms with E-state index in [1.807, 2.05) is 36.4 Å². The van der Waals surface area contributed by atoms with Gasteiger partial charge in [-0.2, -0.15) is 0 Å². The third-order valence-electron chi connectivity index (χ3n) is 12.8. The van der Waals surface area contributed by atoms with E-state index in [1.54, 1.807) is 0 Å². The van der Waals surface area contributed by atoms with E-state index in [4.69, 9.17) is 23.8 Å². The van der Waals surface area contributed by atoms with E-state index in [0.29, 0.717) is 17.5 Å². The first kappa shape index (κ1) is 34.0. The van der Waals surface area contributed by atoms with Crippen molar-refractivity contribution in [1.29, 1.82) is 0 Å². The normalized spacial score (nSPS) is 13.9. The van der Waals surface area contributed by atoms with Crippen molar-refractivity contribution in [2.24, 2.45) is 0 Å². The number of hydrogen-bond acceptors (Lipinski definition) is 5. The van der Waals surface area contributed by atoms with E-state index in [0.717, 1.165) is 84.2 Å². The van der Waals surface area contributed by atoms with Gasteiger partial charge in [-0.15, -0.1) is 0 Å². The van der Waals surface area contributed by atoms with Crippen molar-refractivity contribution >= 4 is 65.4 Å². The van der Waals surface area contributed by atoms with Crippen molar-refractivity contribution in [3.63, 3.8) is 0 Å².